The summed E-state index contributed by atoms with van der Waals surface area (Å²) in [7, 11) is 0. The highest BCUT2D eigenvalue weighted by Gasteiger charge is 2.12. The van der Waals surface area contributed by atoms with Crippen LogP contribution < -0.4 is 16.4 Å². The maximum atomic E-state index is 4.25. The van der Waals surface area contributed by atoms with Crippen molar-refractivity contribution in [3.8, 4) is 0 Å². The van der Waals surface area contributed by atoms with E-state index < -0.39 is 0 Å². The molecular formula is C8H12N4S. The molecule has 0 aromatic carbocycles. The van der Waals surface area contributed by atoms with Crippen LogP contribution in [0, 0.1) is 0 Å². The van der Waals surface area contributed by atoms with Crippen LogP contribution in [0.5, 0.6) is 0 Å². The van der Waals surface area contributed by atoms with E-state index in [0.717, 1.165) is 18.0 Å². The molecule has 13 heavy (non-hydrogen) atoms. The highest BCUT2D eigenvalue weighted by Crippen LogP contribution is 2.14. The zero-order valence-corrected chi connectivity index (χ0v) is 7.97. The van der Waals surface area contributed by atoms with E-state index in [0.29, 0.717) is 5.37 Å². The van der Waals surface area contributed by atoms with Crippen LogP contribution in [0.15, 0.2) is 24.4 Å². The monoisotopic (exact) mass is 196 g/mol. The molecule has 2 rings (SSSR count). The van der Waals surface area contributed by atoms with E-state index in [-0.39, 0.29) is 0 Å². The maximum Gasteiger partial charge on any atom is 0.0821 e. The van der Waals surface area contributed by atoms with Crippen molar-refractivity contribution in [3.63, 3.8) is 0 Å². The Kier molecular flexibility index (Phi) is 3.15. The van der Waals surface area contributed by atoms with Gasteiger partial charge in [-0.2, -0.15) is 5.53 Å². The minimum Gasteiger partial charge on any atom is -0.260 e. The Morgan fingerprint density at radius 3 is 3.23 bits per heavy atom. The first-order valence-electron chi connectivity index (χ1n) is 4.20. The zero-order chi connectivity index (χ0) is 8.93. The standard InChI is InChI=1S/C8H12N4S/c1-2-4-9-7(3-1)6-13-8-5-10-12-11-8/h1-4,8,10-12H,5-6H2. The van der Waals surface area contributed by atoms with Gasteiger partial charge in [-0.1, -0.05) is 6.07 Å². The van der Waals surface area contributed by atoms with Gasteiger partial charge < -0.3 is 0 Å². The second kappa shape index (κ2) is 4.57. The molecule has 0 amide bonds. The fourth-order valence-electron chi connectivity index (χ4n) is 1.10. The highest BCUT2D eigenvalue weighted by molar-refractivity contribution is 7.99. The number of nitrogens with zero attached hydrogens (tertiary/aromatic N) is 1. The van der Waals surface area contributed by atoms with Crippen molar-refractivity contribution in [2.24, 2.45) is 0 Å². The minimum absolute atomic E-state index is 0.432. The van der Waals surface area contributed by atoms with Gasteiger partial charge in [0.2, 0.25) is 0 Å². The van der Waals surface area contributed by atoms with E-state index in [9.17, 15) is 0 Å². The molecule has 5 heteroatoms. The van der Waals surface area contributed by atoms with Gasteiger partial charge in [-0.25, -0.2) is 10.9 Å². The van der Waals surface area contributed by atoms with Crippen molar-refractivity contribution < 1.29 is 0 Å². The summed E-state index contributed by atoms with van der Waals surface area (Å²) in [6, 6.07) is 6.00. The first kappa shape index (κ1) is 8.96. The number of thioether (sulfide) groups is 1. The van der Waals surface area contributed by atoms with Gasteiger partial charge in [0.05, 0.1) is 11.1 Å². The predicted octanol–water partition coefficient (Wildman–Crippen LogP) is 0.253. The van der Waals surface area contributed by atoms with Crippen molar-refractivity contribution >= 4 is 11.8 Å². The third-order valence-corrected chi connectivity index (χ3v) is 2.92. The maximum absolute atomic E-state index is 4.25. The SMILES string of the molecule is c1ccc(CSC2CNNN2)nc1. The Balaban J connectivity index is 1.79. The number of aromatic nitrogens is 1. The molecule has 0 spiro atoms. The molecule has 0 saturated carbocycles. The summed E-state index contributed by atoms with van der Waals surface area (Å²) in [6.45, 7) is 0.942. The van der Waals surface area contributed by atoms with Crippen molar-refractivity contribution in [1.82, 2.24) is 21.4 Å². The van der Waals surface area contributed by atoms with Gasteiger partial charge in [0, 0.05) is 18.5 Å². The van der Waals surface area contributed by atoms with Crippen molar-refractivity contribution in [2.75, 3.05) is 6.54 Å². The second-order valence-corrected chi connectivity index (χ2v) is 3.96. The van der Waals surface area contributed by atoms with Crippen LogP contribution in [0.1, 0.15) is 5.69 Å². The van der Waals surface area contributed by atoms with Crippen LogP contribution in [0.4, 0.5) is 0 Å². The molecule has 3 N–H and O–H groups in total. The second-order valence-electron chi connectivity index (χ2n) is 2.77. The topological polar surface area (TPSA) is 49.0 Å². The quantitative estimate of drug-likeness (QED) is 0.647. The average Bonchev–Trinajstić information content (AvgIpc) is 2.69. The van der Waals surface area contributed by atoms with Crippen LogP contribution in [0.25, 0.3) is 0 Å². The number of pyridine rings is 1. The lowest BCUT2D eigenvalue weighted by Gasteiger charge is -2.06. The van der Waals surface area contributed by atoms with Gasteiger partial charge >= 0.3 is 0 Å². The van der Waals surface area contributed by atoms with Crippen LogP contribution in [0.3, 0.4) is 0 Å². The summed E-state index contributed by atoms with van der Waals surface area (Å²) in [6.07, 6.45) is 1.83. The first-order chi connectivity index (χ1) is 6.45. The molecule has 1 atom stereocenters. The number of hydrogen-bond acceptors (Lipinski definition) is 5. The molecule has 4 nitrogen and oxygen atoms in total. The zero-order valence-electron chi connectivity index (χ0n) is 7.16. The van der Waals surface area contributed by atoms with Crippen LogP contribution in [0.2, 0.25) is 0 Å². The Hall–Kier alpha value is -0.620. The summed E-state index contributed by atoms with van der Waals surface area (Å²) in [5, 5.41) is 0.432. The van der Waals surface area contributed by atoms with Gasteiger partial charge in [-0.3, -0.25) is 4.98 Å². The fourth-order valence-corrected chi connectivity index (χ4v) is 1.98. The number of rotatable bonds is 3. The molecule has 0 bridgehead atoms. The third-order valence-electron chi connectivity index (χ3n) is 1.77. The molecule has 0 aliphatic carbocycles. The summed E-state index contributed by atoms with van der Waals surface area (Å²) in [4.78, 5) is 4.25. The Morgan fingerprint density at radius 1 is 1.54 bits per heavy atom. The van der Waals surface area contributed by atoms with Crippen LogP contribution in [-0.2, 0) is 5.75 Å². The summed E-state index contributed by atoms with van der Waals surface area (Å²) in [5.74, 6) is 0.946. The largest absolute Gasteiger partial charge is 0.260 e. The number of hydrogen-bond donors (Lipinski definition) is 3. The summed E-state index contributed by atoms with van der Waals surface area (Å²) in [5.41, 5.74) is 10.1. The molecule has 1 aliphatic heterocycles. The predicted molar refractivity (Wildman–Crippen MR) is 53.6 cm³/mol. The van der Waals surface area contributed by atoms with E-state index >= 15 is 0 Å². The molecule has 0 radical (unpaired) electrons. The van der Waals surface area contributed by atoms with Gasteiger partial charge in [0.1, 0.15) is 0 Å². The van der Waals surface area contributed by atoms with E-state index in [1.165, 1.54) is 0 Å². The van der Waals surface area contributed by atoms with Crippen molar-refractivity contribution in [3.05, 3.63) is 30.1 Å². The third kappa shape index (κ3) is 2.67. The number of hydrazine groups is 2. The minimum atomic E-state index is 0.432. The smallest absolute Gasteiger partial charge is 0.0821 e. The van der Waals surface area contributed by atoms with Crippen LogP contribution in [-0.4, -0.2) is 16.9 Å². The van der Waals surface area contributed by atoms with E-state index in [4.69, 9.17) is 0 Å². The Bertz CT molecular complexity index is 248. The van der Waals surface area contributed by atoms with Gasteiger partial charge in [0.25, 0.3) is 0 Å². The molecule has 1 unspecified atom stereocenters. The van der Waals surface area contributed by atoms with Crippen molar-refractivity contribution in [1.29, 1.82) is 0 Å². The highest BCUT2D eigenvalue weighted by atomic mass is 32.2. The van der Waals surface area contributed by atoms with Gasteiger partial charge in [-0.15, -0.1) is 11.8 Å². The lowest BCUT2D eigenvalue weighted by Crippen LogP contribution is -2.32. The van der Waals surface area contributed by atoms with Gasteiger partial charge in [0.15, 0.2) is 0 Å². The molecule has 70 valence electrons. The van der Waals surface area contributed by atoms with Gasteiger partial charge in [-0.05, 0) is 12.1 Å². The molecule has 2 heterocycles. The normalized spacial score (nSPS) is 22.0. The van der Waals surface area contributed by atoms with E-state index in [1.54, 1.807) is 0 Å². The summed E-state index contributed by atoms with van der Waals surface area (Å²) >= 11 is 1.84. The summed E-state index contributed by atoms with van der Waals surface area (Å²) < 4.78 is 0. The molecule has 1 aliphatic rings. The lowest BCUT2D eigenvalue weighted by molar-refractivity contribution is 0.587. The molecule has 1 fully saturated rings. The first-order valence-corrected chi connectivity index (χ1v) is 5.25. The molecular weight excluding hydrogens is 184 g/mol. The number of nitrogens with one attached hydrogen (secondary N) is 3. The fraction of sp³-hybridized carbons (Fsp3) is 0.375. The molecule has 1 aromatic rings. The lowest BCUT2D eigenvalue weighted by atomic mass is 10.4. The Labute approximate surface area is 81.5 Å². The van der Waals surface area contributed by atoms with E-state index in [2.05, 4.69) is 21.4 Å². The van der Waals surface area contributed by atoms with Crippen LogP contribution >= 0.6 is 11.8 Å². The Morgan fingerprint density at radius 2 is 2.54 bits per heavy atom. The molecule has 1 aromatic heterocycles. The van der Waals surface area contributed by atoms with E-state index in [1.807, 2.05) is 36.2 Å². The van der Waals surface area contributed by atoms with Crippen molar-refractivity contribution in [2.45, 2.75) is 11.1 Å². The molecule has 1 saturated heterocycles. The average molecular weight is 196 g/mol.